The van der Waals surface area contributed by atoms with Gasteiger partial charge in [-0.05, 0) is 19.4 Å². The molecule has 1 rings (SSSR count). The van der Waals surface area contributed by atoms with E-state index >= 15 is 0 Å². The molecule has 88 valence electrons. The highest BCUT2D eigenvalue weighted by Gasteiger charge is 2.13. The van der Waals surface area contributed by atoms with Crippen molar-refractivity contribution in [3.63, 3.8) is 0 Å². The fourth-order valence-electron chi connectivity index (χ4n) is 1.47. The van der Waals surface area contributed by atoms with Crippen molar-refractivity contribution in [3.05, 3.63) is 35.4 Å². The molecule has 4 heteroatoms. The van der Waals surface area contributed by atoms with E-state index in [9.17, 15) is 13.6 Å². The molecular formula is C12H15F2NO. The van der Waals surface area contributed by atoms with Gasteiger partial charge in [-0.1, -0.05) is 13.0 Å². The van der Waals surface area contributed by atoms with Gasteiger partial charge in [0.05, 0.1) is 6.04 Å². The lowest BCUT2D eigenvalue weighted by Crippen LogP contribution is -2.26. The minimum Gasteiger partial charge on any atom is -0.349 e. The number of nitrogens with one attached hydrogen (secondary N) is 1. The van der Waals surface area contributed by atoms with Gasteiger partial charge in [0.25, 0.3) is 0 Å². The van der Waals surface area contributed by atoms with Gasteiger partial charge in [-0.15, -0.1) is 0 Å². The fourth-order valence-corrected chi connectivity index (χ4v) is 1.47. The van der Waals surface area contributed by atoms with Crippen LogP contribution < -0.4 is 5.32 Å². The number of amides is 1. The van der Waals surface area contributed by atoms with Gasteiger partial charge in [-0.3, -0.25) is 4.79 Å². The topological polar surface area (TPSA) is 29.1 Å². The number of carbonyl (C=O) groups excluding carboxylic acids is 1. The van der Waals surface area contributed by atoms with E-state index in [1.165, 1.54) is 12.1 Å². The zero-order valence-corrected chi connectivity index (χ0v) is 9.39. The Kier molecular flexibility index (Phi) is 4.40. The van der Waals surface area contributed by atoms with E-state index < -0.39 is 17.7 Å². The third kappa shape index (κ3) is 3.29. The lowest BCUT2D eigenvalue weighted by Gasteiger charge is -2.14. The molecule has 1 atom stereocenters. The van der Waals surface area contributed by atoms with Crippen LogP contribution in [0.2, 0.25) is 0 Å². The number of halogens is 2. The molecule has 0 aromatic heterocycles. The molecule has 2 nitrogen and oxygen atoms in total. The van der Waals surface area contributed by atoms with Crippen LogP contribution in [0.4, 0.5) is 8.78 Å². The summed E-state index contributed by atoms with van der Waals surface area (Å²) in [6.07, 6.45) is 1.15. The molecule has 16 heavy (non-hydrogen) atoms. The lowest BCUT2D eigenvalue weighted by atomic mass is 10.1. The molecule has 0 saturated heterocycles. The Morgan fingerprint density at radius 1 is 1.44 bits per heavy atom. The van der Waals surface area contributed by atoms with E-state index in [0.29, 0.717) is 12.0 Å². The van der Waals surface area contributed by atoms with Crippen molar-refractivity contribution in [2.24, 2.45) is 0 Å². The zero-order valence-electron chi connectivity index (χ0n) is 9.39. The van der Waals surface area contributed by atoms with Crippen LogP contribution in [0.3, 0.4) is 0 Å². The van der Waals surface area contributed by atoms with Crippen molar-refractivity contribution < 1.29 is 13.6 Å². The Bertz CT molecular complexity index is 379. The van der Waals surface area contributed by atoms with Gasteiger partial charge in [-0.2, -0.15) is 0 Å². The largest absolute Gasteiger partial charge is 0.349 e. The van der Waals surface area contributed by atoms with Gasteiger partial charge in [0.1, 0.15) is 11.6 Å². The highest BCUT2D eigenvalue weighted by molar-refractivity contribution is 5.76. The molecule has 0 aliphatic carbocycles. The average molecular weight is 227 g/mol. The first-order chi connectivity index (χ1) is 7.54. The Morgan fingerprint density at radius 2 is 2.12 bits per heavy atom. The van der Waals surface area contributed by atoms with Crippen molar-refractivity contribution in [1.82, 2.24) is 5.32 Å². The second-order valence-corrected chi connectivity index (χ2v) is 3.71. The number of hydrogen-bond donors (Lipinski definition) is 1. The summed E-state index contributed by atoms with van der Waals surface area (Å²) in [6.45, 7) is 3.56. The molecular weight excluding hydrogens is 212 g/mol. The third-order valence-corrected chi connectivity index (χ3v) is 2.28. The van der Waals surface area contributed by atoms with Crippen LogP contribution in [-0.2, 0) is 4.79 Å². The van der Waals surface area contributed by atoms with E-state index in [2.05, 4.69) is 5.32 Å². The molecule has 0 unspecified atom stereocenters. The number of benzene rings is 1. The van der Waals surface area contributed by atoms with Crippen molar-refractivity contribution in [2.45, 2.75) is 32.7 Å². The maximum atomic E-state index is 13.3. The maximum absolute atomic E-state index is 13.3. The summed E-state index contributed by atoms with van der Waals surface area (Å²) in [5.41, 5.74) is 0.297. The van der Waals surface area contributed by atoms with Crippen LogP contribution in [0.15, 0.2) is 18.2 Å². The summed E-state index contributed by atoms with van der Waals surface area (Å²) >= 11 is 0. The first-order valence-electron chi connectivity index (χ1n) is 5.29. The Labute approximate surface area is 93.7 Å². The molecule has 0 bridgehead atoms. The monoisotopic (exact) mass is 227 g/mol. The molecule has 1 aromatic rings. The summed E-state index contributed by atoms with van der Waals surface area (Å²) in [6, 6.07) is 2.90. The van der Waals surface area contributed by atoms with Crippen LogP contribution in [0.5, 0.6) is 0 Å². The quantitative estimate of drug-likeness (QED) is 0.841. The fraction of sp³-hybridized carbons (Fsp3) is 0.417. The first-order valence-corrected chi connectivity index (χ1v) is 5.29. The second-order valence-electron chi connectivity index (χ2n) is 3.71. The SMILES string of the molecule is CCCC(=O)N[C@H](C)c1ccc(F)cc1F. The van der Waals surface area contributed by atoms with Crippen LogP contribution in [0.1, 0.15) is 38.3 Å². The van der Waals surface area contributed by atoms with E-state index in [1.54, 1.807) is 6.92 Å². The molecule has 1 N–H and O–H groups in total. The molecule has 0 fully saturated rings. The van der Waals surface area contributed by atoms with Gasteiger partial charge in [0.2, 0.25) is 5.91 Å². The van der Waals surface area contributed by atoms with E-state index in [4.69, 9.17) is 0 Å². The number of rotatable bonds is 4. The zero-order chi connectivity index (χ0) is 12.1. The number of hydrogen-bond acceptors (Lipinski definition) is 1. The van der Waals surface area contributed by atoms with Gasteiger partial charge in [0.15, 0.2) is 0 Å². The van der Waals surface area contributed by atoms with Crippen molar-refractivity contribution in [1.29, 1.82) is 0 Å². The highest BCUT2D eigenvalue weighted by atomic mass is 19.1. The Morgan fingerprint density at radius 3 is 2.69 bits per heavy atom. The predicted octanol–water partition coefficient (Wildman–Crippen LogP) is 2.94. The van der Waals surface area contributed by atoms with Gasteiger partial charge < -0.3 is 5.32 Å². The molecule has 0 heterocycles. The summed E-state index contributed by atoms with van der Waals surface area (Å²) in [5.74, 6) is -1.38. The smallest absolute Gasteiger partial charge is 0.220 e. The van der Waals surface area contributed by atoms with E-state index in [1.807, 2.05) is 6.92 Å². The molecule has 0 radical (unpaired) electrons. The molecule has 0 spiro atoms. The minimum atomic E-state index is -0.635. The predicted molar refractivity (Wildman–Crippen MR) is 57.8 cm³/mol. The summed E-state index contributed by atoms with van der Waals surface area (Å²) < 4.78 is 26.0. The Balaban J connectivity index is 2.72. The molecule has 0 saturated carbocycles. The van der Waals surface area contributed by atoms with Crippen molar-refractivity contribution in [2.75, 3.05) is 0 Å². The molecule has 0 aliphatic rings. The van der Waals surface area contributed by atoms with Crippen molar-refractivity contribution >= 4 is 5.91 Å². The van der Waals surface area contributed by atoms with Gasteiger partial charge in [0, 0.05) is 18.1 Å². The van der Waals surface area contributed by atoms with E-state index in [0.717, 1.165) is 12.5 Å². The highest BCUT2D eigenvalue weighted by Crippen LogP contribution is 2.17. The maximum Gasteiger partial charge on any atom is 0.220 e. The third-order valence-electron chi connectivity index (χ3n) is 2.28. The standard InChI is InChI=1S/C12H15F2NO/c1-3-4-12(16)15-8(2)10-6-5-9(13)7-11(10)14/h5-8H,3-4H2,1-2H3,(H,15,16)/t8-/m1/s1. The molecule has 0 aliphatic heterocycles. The lowest BCUT2D eigenvalue weighted by molar-refractivity contribution is -0.121. The van der Waals surface area contributed by atoms with Crippen LogP contribution >= 0.6 is 0 Å². The first kappa shape index (κ1) is 12.6. The number of carbonyl (C=O) groups is 1. The van der Waals surface area contributed by atoms with Crippen LogP contribution in [-0.4, -0.2) is 5.91 Å². The molecule has 1 aromatic carbocycles. The minimum absolute atomic E-state index is 0.126. The van der Waals surface area contributed by atoms with E-state index in [-0.39, 0.29) is 5.91 Å². The second kappa shape index (κ2) is 5.58. The van der Waals surface area contributed by atoms with Gasteiger partial charge in [-0.25, -0.2) is 8.78 Å². The molecule has 1 amide bonds. The summed E-state index contributed by atoms with van der Waals surface area (Å²) in [7, 11) is 0. The van der Waals surface area contributed by atoms with Crippen LogP contribution in [0.25, 0.3) is 0 Å². The van der Waals surface area contributed by atoms with Gasteiger partial charge >= 0.3 is 0 Å². The summed E-state index contributed by atoms with van der Waals surface area (Å²) in [5, 5.41) is 2.66. The van der Waals surface area contributed by atoms with Crippen LogP contribution in [0, 0.1) is 11.6 Å². The summed E-state index contributed by atoms with van der Waals surface area (Å²) in [4.78, 5) is 11.3. The van der Waals surface area contributed by atoms with Crippen molar-refractivity contribution in [3.8, 4) is 0 Å². The Hall–Kier alpha value is -1.45. The normalized spacial score (nSPS) is 12.2. The average Bonchev–Trinajstić information content (AvgIpc) is 2.17.